The third-order valence-corrected chi connectivity index (χ3v) is 16.0. The van der Waals surface area contributed by atoms with Gasteiger partial charge in [-0.25, -0.2) is 9.78 Å². The summed E-state index contributed by atoms with van der Waals surface area (Å²) in [4.78, 5) is 49.7. The molecule has 0 aromatic rings. The van der Waals surface area contributed by atoms with E-state index < -0.39 is 23.8 Å². The Bertz CT molecular complexity index is 1160. The van der Waals surface area contributed by atoms with Crippen molar-refractivity contribution in [2.75, 3.05) is 6.61 Å². The van der Waals surface area contributed by atoms with E-state index in [9.17, 15) is 24.6 Å². The molecule has 0 aliphatic heterocycles. The minimum atomic E-state index is -0.838. The Morgan fingerprint density at radius 3 is 1.55 bits per heavy atom. The summed E-state index contributed by atoms with van der Waals surface area (Å²) in [7, 11) is 0. The van der Waals surface area contributed by atoms with Gasteiger partial charge in [0, 0.05) is 0 Å². The predicted octanol–water partition coefficient (Wildman–Crippen LogP) is 10.8. The van der Waals surface area contributed by atoms with Gasteiger partial charge >= 0.3 is 17.9 Å². The number of ether oxygens (including phenoxy) is 1. The molecule has 6 fully saturated rings. The quantitative estimate of drug-likeness (QED) is 0.103. The normalized spacial score (nSPS) is 36.8. The van der Waals surface area contributed by atoms with Crippen LogP contribution in [0.25, 0.3) is 0 Å². The zero-order chi connectivity index (χ0) is 37.4. The van der Waals surface area contributed by atoms with E-state index in [1.165, 1.54) is 70.6 Å². The van der Waals surface area contributed by atoms with E-state index in [0.717, 1.165) is 95.3 Å². The molecule has 6 saturated carbocycles. The van der Waals surface area contributed by atoms with Crippen molar-refractivity contribution in [2.45, 2.75) is 193 Å². The second kappa shape index (κ2) is 19.5. The molecule has 0 bridgehead atoms. The molecule has 0 aromatic heterocycles. The van der Waals surface area contributed by atoms with E-state index in [-0.39, 0.29) is 35.4 Å². The van der Waals surface area contributed by atoms with Crippen LogP contribution in [0.15, 0.2) is 0 Å². The van der Waals surface area contributed by atoms with E-state index in [4.69, 9.17) is 14.5 Å². The van der Waals surface area contributed by atoms with Crippen molar-refractivity contribution in [2.24, 2.45) is 64.6 Å². The fraction of sp³-hybridized carbons (Fsp3) is 0.933. The Hall–Kier alpha value is -1.67. The Morgan fingerprint density at radius 1 is 0.528 bits per heavy atom. The maximum atomic E-state index is 13.5. The molecular formula is C45H74O8. The lowest BCUT2D eigenvalue weighted by molar-refractivity contribution is -0.338. The molecule has 0 amide bonds. The van der Waals surface area contributed by atoms with Gasteiger partial charge in [0.05, 0.1) is 30.5 Å². The minimum Gasteiger partial charge on any atom is -0.481 e. The summed E-state index contributed by atoms with van der Waals surface area (Å²) < 4.78 is 6.15. The summed E-state index contributed by atoms with van der Waals surface area (Å²) in [6.45, 7) is 5.24. The van der Waals surface area contributed by atoms with Crippen LogP contribution in [0.5, 0.6) is 0 Å². The van der Waals surface area contributed by atoms with Crippen LogP contribution in [-0.2, 0) is 28.9 Å². The second-order valence-corrected chi connectivity index (χ2v) is 19.7. The lowest BCUT2D eigenvalue weighted by atomic mass is 9.60. The van der Waals surface area contributed by atoms with Crippen LogP contribution in [-0.4, -0.2) is 46.9 Å². The molecule has 0 heterocycles. The summed E-state index contributed by atoms with van der Waals surface area (Å²) in [6.07, 6.45) is 28.5. The van der Waals surface area contributed by atoms with Gasteiger partial charge in [-0.3, -0.25) is 14.4 Å². The molecule has 0 aromatic carbocycles. The van der Waals surface area contributed by atoms with Gasteiger partial charge in [0.25, 0.3) is 0 Å². The van der Waals surface area contributed by atoms with Gasteiger partial charge in [0.1, 0.15) is 6.10 Å². The molecule has 8 heteroatoms. The van der Waals surface area contributed by atoms with E-state index in [2.05, 4.69) is 13.8 Å². The van der Waals surface area contributed by atoms with Crippen LogP contribution < -0.4 is 0 Å². The number of carboxylic acids is 2. The molecule has 6 aliphatic carbocycles. The molecule has 6 rings (SSSR count). The fourth-order valence-corrected chi connectivity index (χ4v) is 12.5. The number of aliphatic carboxylic acids is 2. The monoisotopic (exact) mass is 743 g/mol. The van der Waals surface area contributed by atoms with Crippen molar-refractivity contribution in [1.82, 2.24) is 0 Å². The number of carbonyl (C=O) groups excluding carboxylic acids is 1. The van der Waals surface area contributed by atoms with Crippen molar-refractivity contribution in [3.8, 4) is 0 Å². The number of hydrogen-bond acceptors (Lipinski definition) is 6. The van der Waals surface area contributed by atoms with Gasteiger partial charge in [-0.1, -0.05) is 78.1 Å². The largest absolute Gasteiger partial charge is 0.481 e. The zero-order valence-corrected chi connectivity index (χ0v) is 33.4. The van der Waals surface area contributed by atoms with Crippen molar-refractivity contribution in [3.05, 3.63) is 0 Å². The molecule has 0 spiro atoms. The second-order valence-electron chi connectivity index (χ2n) is 19.7. The van der Waals surface area contributed by atoms with Crippen molar-refractivity contribution < 1.29 is 39.1 Å². The molecule has 6 aliphatic rings. The Balaban J connectivity index is 0.904. The summed E-state index contributed by atoms with van der Waals surface area (Å²) in [5.41, 5.74) is 0.176. The van der Waals surface area contributed by atoms with Gasteiger partial charge in [-0.15, -0.1) is 0 Å². The average Bonchev–Trinajstić information content (AvgIpc) is 3.16. The van der Waals surface area contributed by atoms with E-state index >= 15 is 0 Å². The van der Waals surface area contributed by atoms with Gasteiger partial charge in [0.15, 0.2) is 0 Å². The molecule has 0 radical (unpaired) electrons. The summed E-state index contributed by atoms with van der Waals surface area (Å²) >= 11 is 0. The Labute approximate surface area is 320 Å². The van der Waals surface area contributed by atoms with Crippen molar-refractivity contribution >= 4 is 17.9 Å². The first-order valence-electron chi connectivity index (χ1n) is 22.5. The Kier molecular flexibility index (Phi) is 15.0. The lowest BCUT2D eigenvalue weighted by Gasteiger charge is -2.46. The zero-order valence-electron chi connectivity index (χ0n) is 33.4. The number of rotatable bonds is 14. The number of carbonyl (C=O) groups is 3. The highest BCUT2D eigenvalue weighted by Gasteiger charge is 2.44. The first kappa shape index (κ1) is 41.0. The number of esters is 1. The lowest BCUT2D eigenvalue weighted by Crippen LogP contribution is -2.41. The Morgan fingerprint density at radius 2 is 1.02 bits per heavy atom. The first-order valence-corrected chi connectivity index (χ1v) is 22.5. The standard InChI is InChI=1S/C45H74O8/c1-45(2,35-15-19-37(20-16-35)52-44(50)41-28-33(14-24-40(41)43(48)49)26-31-11-7-4-8-12-31)36-17-21-38(22-18-36)53-51-29-34-27-32(13-23-39(34)42(46)47)25-30-9-5-3-6-10-30/h30-41H,3-29H2,1-2H3,(H,46,47)(H,48,49). The molecule has 8 nitrogen and oxygen atoms in total. The van der Waals surface area contributed by atoms with Gasteiger partial charge < -0.3 is 14.9 Å². The van der Waals surface area contributed by atoms with Crippen molar-refractivity contribution in [1.29, 1.82) is 0 Å². The first-order chi connectivity index (χ1) is 25.6. The molecule has 0 saturated heterocycles. The highest BCUT2D eigenvalue weighted by molar-refractivity contribution is 5.81. The maximum Gasteiger partial charge on any atom is 0.310 e. The van der Waals surface area contributed by atoms with Crippen molar-refractivity contribution in [3.63, 3.8) is 0 Å². The molecule has 53 heavy (non-hydrogen) atoms. The number of hydrogen-bond donors (Lipinski definition) is 2. The van der Waals surface area contributed by atoms with Gasteiger partial charge in [0.2, 0.25) is 0 Å². The van der Waals surface area contributed by atoms with Crippen LogP contribution >= 0.6 is 0 Å². The van der Waals surface area contributed by atoms with E-state index in [1.54, 1.807) is 0 Å². The number of carboxylic acid groups (broad SMARTS) is 2. The van der Waals surface area contributed by atoms with Crippen LogP contribution in [0, 0.1) is 64.6 Å². The molecule has 302 valence electrons. The third kappa shape index (κ3) is 11.2. The van der Waals surface area contributed by atoms with E-state index in [0.29, 0.717) is 43.1 Å². The summed E-state index contributed by atoms with van der Waals surface area (Å²) in [6, 6.07) is 0. The van der Waals surface area contributed by atoms with Crippen LogP contribution in [0.2, 0.25) is 0 Å². The molecule has 6 atom stereocenters. The topological polar surface area (TPSA) is 119 Å². The van der Waals surface area contributed by atoms with Crippen LogP contribution in [0.1, 0.15) is 181 Å². The van der Waals surface area contributed by atoms with Crippen LogP contribution in [0.4, 0.5) is 0 Å². The smallest absolute Gasteiger partial charge is 0.310 e. The SMILES string of the molecule is CC(C)(C1CCC(OOCC2CC(CC3CCCCC3)CCC2C(=O)O)CC1)C1CCC(OC(=O)C2CC(CC3CCCCC3)CCC2C(=O)O)CC1. The highest BCUT2D eigenvalue weighted by Crippen LogP contribution is 2.49. The molecular weight excluding hydrogens is 668 g/mol. The summed E-state index contributed by atoms with van der Waals surface area (Å²) in [5.74, 6) is 0.608. The van der Waals surface area contributed by atoms with Crippen LogP contribution in [0.3, 0.4) is 0 Å². The molecule has 6 unspecified atom stereocenters. The summed E-state index contributed by atoms with van der Waals surface area (Å²) in [5, 5.41) is 19.9. The maximum absolute atomic E-state index is 13.5. The van der Waals surface area contributed by atoms with E-state index in [1.807, 2.05) is 0 Å². The average molecular weight is 743 g/mol. The minimum absolute atomic E-state index is 0.0314. The predicted molar refractivity (Wildman–Crippen MR) is 205 cm³/mol. The third-order valence-electron chi connectivity index (χ3n) is 16.0. The fourth-order valence-electron chi connectivity index (χ4n) is 12.5. The van der Waals surface area contributed by atoms with Gasteiger partial charge in [-0.2, -0.15) is 0 Å². The highest BCUT2D eigenvalue weighted by atomic mass is 17.2. The molecule has 2 N–H and O–H groups in total. The van der Waals surface area contributed by atoms with Gasteiger partial charge in [-0.05, 0) is 150 Å².